The molecule has 19 heavy (non-hydrogen) atoms. The summed E-state index contributed by atoms with van der Waals surface area (Å²) < 4.78 is 38.2. The van der Waals surface area contributed by atoms with Crippen molar-refractivity contribution in [3.8, 4) is 6.07 Å². The van der Waals surface area contributed by atoms with Crippen LogP contribution >= 0.6 is 0 Å². The molecule has 3 nitrogen and oxygen atoms in total. The topological polar surface area (TPSA) is 56.0 Å². The van der Waals surface area contributed by atoms with Crippen LogP contribution in [0.4, 0.5) is 18.9 Å². The quantitative estimate of drug-likeness (QED) is 0.888. The third-order valence-electron chi connectivity index (χ3n) is 3.35. The minimum atomic E-state index is -4.56. The van der Waals surface area contributed by atoms with Crippen molar-refractivity contribution in [1.29, 1.82) is 5.26 Å². The predicted molar refractivity (Wildman–Crippen MR) is 63.4 cm³/mol. The van der Waals surface area contributed by atoms with Gasteiger partial charge in [-0.3, -0.25) is 0 Å². The van der Waals surface area contributed by atoms with Gasteiger partial charge in [-0.15, -0.1) is 0 Å². The average Bonchev–Trinajstić information content (AvgIpc) is 2.32. The number of nitrogens with zero attached hydrogens (tertiary/aromatic N) is 1. The van der Waals surface area contributed by atoms with Gasteiger partial charge in [0, 0.05) is 12.2 Å². The van der Waals surface area contributed by atoms with Gasteiger partial charge in [0.25, 0.3) is 0 Å². The zero-order chi connectivity index (χ0) is 14.1. The smallest absolute Gasteiger partial charge is 0.388 e. The summed E-state index contributed by atoms with van der Waals surface area (Å²) >= 11 is 0. The molecule has 1 fully saturated rings. The van der Waals surface area contributed by atoms with Crippen LogP contribution < -0.4 is 5.32 Å². The molecular formula is C13H13F3N2O. The molecule has 0 aliphatic heterocycles. The molecule has 1 saturated carbocycles. The highest BCUT2D eigenvalue weighted by molar-refractivity contribution is 5.53. The third-order valence-corrected chi connectivity index (χ3v) is 3.35. The lowest BCUT2D eigenvalue weighted by molar-refractivity contribution is -0.137. The Balaban J connectivity index is 2.16. The molecule has 1 aromatic rings. The average molecular weight is 270 g/mol. The highest BCUT2D eigenvalue weighted by Crippen LogP contribution is 2.35. The molecule has 1 aromatic carbocycles. The molecular weight excluding hydrogens is 257 g/mol. The number of hydrogen-bond acceptors (Lipinski definition) is 3. The highest BCUT2D eigenvalue weighted by atomic mass is 19.4. The summed E-state index contributed by atoms with van der Waals surface area (Å²) in [7, 11) is 0. The predicted octanol–water partition coefficient (Wildman–Crippen LogP) is 2.90. The van der Waals surface area contributed by atoms with Gasteiger partial charge in [0.15, 0.2) is 0 Å². The molecule has 0 amide bonds. The Morgan fingerprint density at radius 2 is 2.05 bits per heavy atom. The van der Waals surface area contributed by atoms with Crippen LogP contribution in [0.15, 0.2) is 18.2 Å². The summed E-state index contributed by atoms with van der Waals surface area (Å²) in [5.41, 5.74) is -1.92. The van der Waals surface area contributed by atoms with Gasteiger partial charge in [0.2, 0.25) is 0 Å². The van der Waals surface area contributed by atoms with E-state index in [4.69, 9.17) is 5.26 Å². The zero-order valence-corrected chi connectivity index (χ0v) is 10.1. The van der Waals surface area contributed by atoms with Gasteiger partial charge in [0.05, 0.1) is 22.8 Å². The Morgan fingerprint density at radius 1 is 1.37 bits per heavy atom. The van der Waals surface area contributed by atoms with Gasteiger partial charge < -0.3 is 10.4 Å². The van der Waals surface area contributed by atoms with Crippen molar-refractivity contribution in [2.24, 2.45) is 0 Å². The maximum absolute atomic E-state index is 12.7. The van der Waals surface area contributed by atoms with Crippen LogP contribution in [0.5, 0.6) is 0 Å². The first-order valence-corrected chi connectivity index (χ1v) is 5.92. The fourth-order valence-electron chi connectivity index (χ4n) is 2.01. The third kappa shape index (κ3) is 2.99. The van der Waals surface area contributed by atoms with Crippen LogP contribution in [-0.4, -0.2) is 17.3 Å². The molecule has 2 rings (SSSR count). The molecule has 0 unspecified atom stereocenters. The molecule has 1 aliphatic carbocycles. The molecule has 2 N–H and O–H groups in total. The minimum absolute atomic E-state index is 0.218. The second-order valence-corrected chi connectivity index (χ2v) is 4.80. The molecule has 102 valence electrons. The number of alkyl halides is 3. The summed E-state index contributed by atoms with van der Waals surface area (Å²) in [6.07, 6.45) is -2.32. The van der Waals surface area contributed by atoms with Crippen LogP contribution in [0.2, 0.25) is 0 Å². The Labute approximate surface area is 108 Å². The molecule has 1 aliphatic rings. The highest BCUT2D eigenvalue weighted by Gasteiger charge is 2.35. The maximum Gasteiger partial charge on any atom is 0.417 e. The first-order valence-electron chi connectivity index (χ1n) is 5.92. The van der Waals surface area contributed by atoms with Crippen molar-refractivity contribution in [3.63, 3.8) is 0 Å². The van der Waals surface area contributed by atoms with Crippen LogP contribution in [0.1, 0.15) is 30.4 Å². The van der Waals surface area contributed by atoms with E-state index in [1.807, 2.05) is 0 Å². The van der Waals surface area contributed by atoms with Gasteiger partial charge in [-0.1, -0.05) is 0 Å². The number of nitrogens with one attached hydrogen (secondary N) is 1. The summed E-state index contributed by atoms with van der Waals surface area (Å²) in [5.74, 6) is 0. The van der Waals surface area contributed by atoms with E-state index in [0.29, 0.717) is 12.8 Å². The summed E-state index contributed by atoms with van der Waals surface area (Å²) in [4.78, 5) is 0. The van der Waals surface area contributed by atoms with Crippen LogP contribution in [0, 0.1) is 11.3 Å². The van der Waals surface area contributed by atoms with Crippen molar-refractivity contribution in [3.05, 3.63) is 29.3 Å². The van der Waals surface area contributed by atoms with Gasteiger partial charge >= 0.3 is 6.18 Å². The normalized spacial score (nSPS) is 17.4. The number of anilines is 1. The number of benzene rings is 1. The Hall–Kier alpha value is -1.74. The van der Waals surface area contributed by atoms with Crippen molar-refractivity contribution in [2.45, 2.75) is 31.0 Å². The fraction of sp³-hybridized carbons (Fsp3) is 0.462. The maximum atomic E-state index is 12.7. The SMILES string of the molecule is N#Cc1ccc(NCC2(O)CCC2)cc1C(F)(F)F. The monoisotopic (exact) mass is 270 g/mol. The first-order chi connectivity index (χ1) is 8.84. The summed E-state index contributed by atoms with van der Waals surface area (Å²) in [6, 6.07) is 4.98. The van der Waals surface area contributed by atoms with Crippen LogP contribution in [-0.2, 0) is 6.18 Å². The lowest BCUT2D eigenvalue weighted by Gasteiger charge is -2.36. The van der Waals surface area contributed by atoms with Gasteiger partial charge in [-0.05, 0) is 37.5 Å². The number of aliphatic hydroxyl groups is 1. The Morgan fingerprint density at radius 3 is 2.53 bits per heavy atom. The lowest BCUT2D eigenvalue weighted by atomic mass is 9.80. The zero-order valence-electron chi connectivity index (χ0n) is 10.1. The van der Waals surface area contributed by atoms with Gasteiger partial charge in [0.1, 0.15) is 0 Å². The second kappa shape index (κ2) is 4.74. The number of halogens is 3. The van der Waals surface area contributed by atoms with Crippen molar-refractivity contribution < 1.29 is 18.3 Å². The Kier molecular flexibility index (Phi) is 3.42. The summed E-state index contributed by atoms with van der Waals surface area (Å²) in [6.45, 7) is 0.218. The van der Waals surface area contributed by atoms with E-state index >= 15 is 0 Å². The van der Waals surface area contributed by atoms with E-state index in [-0.39, 0.29) is 12.2 Å². The standard InChI is InChI=1S/C13H13F3N2O/c14-13(15,16)11-6-10(3-2-9(11)7-17)18-8-12(19)4-1-5-12/h2-3,6,18-19H,1,4-5,8H2. The largest absolute Gasteiger partial charge is 0.417 e. The van der Waals surface area contributed by atoms with Crippen LogP contribution in [0.25, 0.3) is 0 Å². The van der Waals surface area contributed by atoms with Crippen molar-refractivity contribution in [2.75, 3.05) is 11.9 Å². The molecule has 0 bridgehead atoms. The van der Waals surface area contributed by atoms with E-state index < -0.39 is 22.9 Å². The van der Waals surface area contributed by atoms with E-state index in [2.05, 4.69) is 5.32 Å². The lowest BCUT2D eigenvalue weighted by Crippen LogP contribution is -2.43. The molecule has 0 aromatic heterocycles. The van der Waals surface area contributed by atoms with Crippen LogP contribution in [0.3, 0.4) is 0 Å². The molecule has 0 atom stereocenters. The van der Waals surface area contributed by atoms with E-state index in [9.17, 15) is 18.3 Å². The number of hydrogen-bond donors (Lipinski definition) is 2. The van der Waals surface area contributed by atoms with E-state index in [1.165, 1.54) is 12.1 Å². The first kappa shape index (κ1) is 13.7. The molecule has 0 spiro atoms. The minimum Gasteiger partial charge on any atom is -0.388 e. The summed E-state index contributed by atoms with van der Waals surface area (Å²) in [5, 5.41) is 21.3. The molecule has 6 heteroatoms. The van der Waals surface area contributed by atoms with Gasteiger partial charge in [-0.2, -0.15) is 18.4 Å². The second-order valence-electron chi connectivity index (χ2n) is 4.80. The van der Waals surface area contributed by atoms with Crippen molar-refractivity contribution >= 4 is 5.69 Å². The molecule has 0 heterocycles. The number of nitriles is 1. The van der Waals surface area contributed by atoms with Crippen molar-refractivity contribution in [1.82, 2.24) is 0 Å². The van der Waals surface area contributed by atoms with Gasteiger partial charge in [-0.25, -0.2) is 0 Å². The van der Waals surface area contributed by atoms with E-state index in [0.717, 1.165) is 18.6 Å². The fourth-order valence-corrected chi connectivity index (χ4v) is 2.01. The molecule has 0 saturated heterocycles. The number of rotatable bonds is 3. The van der Waals surface area contributed by atoms with E-state index in [1.54, 1.807) is 0 Å². The Bertz CT molecular complexity index is 516. The molecule has 0 radical (unpaired) electrons.